The normalized spacial score (nSPS) is 10.4. The van der Waals surface area contributed by atoms with Crippen LogP contribution in [0.4, 0.5) is 5.69 Å². The second-order valence-corrected chi connectivity index (χ2v) is 3.49. The number of nitrogens with two attached hydrogens (primary N) is 2. The Balaban J connectivity index is 0.00000121. The minimum absolute atomic E-state index is 0. The van der Waals surface area contributed by atoms with E-state index in [1.807, 2.05) is 0 Å². The van der Waals surface area contributed by atoms with Crippen molar-refractivity contribution in [2.24, 2.45) is 5.14 Å². The molecule has 0 bridgehead atoms. The van der Waals surface area contributed by atoms with Gasteiger partial charge in [-0.15, -0.1) is 12.4 Å². The summed E-state index contributed by atoms with van der Waals surface area (Å²) in [5.41, 5.74) is 5.35. The predicted molar refractivity (Wildman–Crippen MR) is 47.3 cm³/mol. The summed E-state index contributed by atoms with van der Waals surface area (Å²) >= 11 is 0. The van der Waals surface area contributed by atoms with Crippen LogP contribution in [0.5, 0.6) is 0 Å². The smallest absolute Gasteiger partial charge is 0.240 e. The van der Waals surface area contributed by atoms with Crippen LogP contribution in [0.2, 0.25) is 0 Å². The third kappa shape index (κ3) is 2.33. The topological polar surface area (TPSA) is 99.1 Å². The third-order valence-corrected chi connectivity index (χ3v) is 2.10. The third-order valence-electron chi connectivity index (χ3n) is 1.12. The Labute approximate surface area is 76.2 Å². The molecule has 4 N–H and O–H groups in total. The SMILES string of the molecule is Cl.Nc1cnccc1S(N)(=O)=O. The molecule has 0 spiro atoms. The molecule has 0 atom stereocenters. The highest BCUT2D eigenvalue weighted by molar-refractivity contribution is 7.89. The van der Waals surface area contributed by atoms with Crippen molar-refractivity contribution in [3.8, 4) is 0 Å². The van der Waals surface area contributed by atoms with E-state index >= 15 is 0 Å². The van der Waals surface area contributed by atoms with E-state index in [1.165, 1.54) is 18.5 Å². The summed E-state index contributed by atoms with van der Waals surface area (Å²) in [5, 5.41) is 4.82. The van der Waals surface area contributed by atoms with Crippen molar-refractivity contribution >= 4 is 28.1 Å². The van der Waals surface area contributed by atoms with E-state index in [0.717, 1.165) is 0 Å². The predicted octanol–water partition coefficient (Wildman–Crippen LogP) is -0.267. The van der Waals surface area contributed by atoms with E-state index in [1.54, 1.807) is 0 Å². The number of nitrogens with zero attached hydrogens (tertiary/aromatic N) is 1. The summed E-state index contributed by atoms with van der Waals surface area (Å²) < 4.78 is 21.4. The van der Waals surface area contributed by atoms with Crippen molar-refractivity contribution in [3.63, 3.8) is 0 Å². The molecule has 12 heavy (non-hydrogen) atoms. The molecule has 7 heteroatoms. The average Bonchev–Trinajstić information content (AvgIpc) is 1.86. The van der Waals surface area contributed by atoms with Crippen LogP contribution >= 0.6 is 12.4 Å². The van der Waals surface area contributed by atoms with Gasteiger partial charge in [0.1, 0.15) is 4.90 Å². The lowest BCUT2D eigenvalue weighted by Gasteiger charge is -1.99. The van der Waals surface area contributed by atoms with Gasteiger partial charge >= 0.3 is 0 Å². The van der Waals surface area contributed by atoms with Crippen LogP contribution in [0, 0.1) is 0 Å². The number of anilines is 1. The first-order valence-electron chi connectivity index (χ1n) is 2.74. The fourth-order valence-electron chi connectivity index (χ4n) is 0.653. The van der Waals surface area contributed by atoms with E-state index in [2.05, 4.69) is 4.98 Å². The van der Waals surface area contributed by atoms with Crippen molar-refractivity contribution in [1.29, 1.82) is 0 Å². The molecular formula is C5H8ClN3O2S. The lowest BCUT2D eigenvalue weighted by atomic mass is 10.4. The Hall–Kier alpha value is -0.850. The first kappa shape index (κ1) is 11.2. The van der Waals surface area contributed by atoms with Gasteiger partial charge in [0.2, 0.25) is 10.0 Å². The van der Waals surface area contributed by atoms with Gasteiger partial charge < -0.3 is 5.73 Å². The van der Waals surface area contributed by atoms with Crippen molar-refractivity contribution in [1.82, 2.24) is 4.98 Å². The van der Waals surface area contributed by atoms with Gasteiger partial charge in [-0.25, -0.2) is 13.6 Å². The molecule has 0 aromatic carbocycles. The number of nitrogen functional groups attached to an aromatic ring is 1. The molecule has 0 unspecified atom stereocenters. The van der Waals surface area contributed by atoms with Crippen LogP contribution in [-0.4, -0.2) is 13.4 Å². The summed E-state index contributed by atoms with van der Waals surface area (Å²) in [6.07, 6.45) is 2.55. The van der Waals surface area contributed by atoms with Gasteiger partial charge in [-0.3, -0.25) is 4.98 Å². The van der Waals surface area contributed by atoms with Gasteiger partial charge in [-0.05, 0) is 6.07 Å². The van der Waals surface area contributed by atoms with Crippen molar-refractivity contribution in [2.45, 2.75) is 4.90 Å². The van der Waals surface area contributed by atoms with E-state index in [-0.39, 0.29) is 23.0 Å². The Morgan fingerprint density at radius 3 is 2.33 bits per heavy atom. The zero-order valence-electron chi connectivity index (χ0n) is 5.97. The Morgan fingerprint density at radius 2 is 2.00 bits per heavy atom. The van der Waals surface area contributed by atoms with Gasteiger partial charge in [0.25, 0.3) is 0 Å². The van der Waals surface area contributed by atoms with Crippen LogP contribution in [0.1, 0.15) is 0 Å². The molecule has 0 aliphatic rings. The standard InChI is InChI=1S/C5H7N3O2S.ClH/c6-4-3-8-2-1-5(4)11(7,9)10;/h1-3H,6H2,(H2,7,9,10);1H. The second kappa shape index (κ2) is 3.70. The molecular weight excluding hydrogens is 202 g/mol. The summed E-state index contributed by atoms with van der Waals surface area (Å²) in [7, 11) is -3.70. The van der Waals surface area contributed by atoms with Crippen molar-refractivity contribution < 1.29 is 8.42 Å². The zero-order chi connectivity index (χ0) is 8.48. The number of aromatic nitrogens is 1. The number of pyridine rings is 1. The van der Waals surface area contributed by atoms with Crippen LogP contribution in [0.25, 0.3) is 0 Å². The number of hydrogen-bond acceptors (Lipinski definition) is 4. The van der Waals surface area contributed by atoms with Crippen LogP contribution in [0.15, 0.2) is 23.4 Å². The molecule has 68 valence electrons. The molecule has 1 aromatic rings. The Bertz CT molecular complexity index is 365. The maximum absolute atomic E-state index is 10.7. The van der Waals surface area contributed by atoms with Gasteiger partial charge in [-0.2, -0.15) is 0 Å². The molecule has 0 radical (unpaired) electrons. The Morgan fingerprint density at radius 1 is 1.42 bits per heavy atom. The molecule has 0 fully saturated rings. The maximum atomic E-state index is 10.7. The van der Waals surface area contributed by atoms with Gasteiger partial charge in [0, 0.05) is 6.20 Å². The number of halogens is 1. The molecule has 0 saturated heterocycles. The van der Waals surface area contributed by atoms with E-state index in [9.17, 15) is 8.42 Å². The lowest BCUT2D eigenvalue weighted by molar-refractivity contribution is 0.598. The highest BCUT2D eigenvalue weighted by Crippen LogP contribution is 2.12. The number of hydrogen-bond donors (Lipinski definition) is 2. The molecule has 5 nitrogen and oxygen atoms in total. The summed E-state index contributed by atoms with van der Waals surface area (Å²) in [6, 6.07) is 1.25. The van der Waals surface area contributed by atoms with Crippen molar-refractivity contribution in [3.05, 3.63) is 18.5 Å². The number of sulfonamides is 1. The van der Waals surface area contributed by atoms with Crippen LogP contribution < -0.4 is 10.9 Å². The summed E-state index contributed by atoms with van der Waals surface area (Å²) in [6.45, 7) is 0. The van der Waals surface area contributed by atoms with Gasteiger partial charge in [0.15, 0.2) is 0 Å². The highest BCUT2D eigenvalue weighted by Gasteiger charge is 2.10. The van der Waals surface area contributed by atoms with E-state index < -0.39 is 10.0 Å². The van der Waals surface area contributed by atoms with E-state index in [0.29, 0.717) is 0 Å². The van der Waals surface area contributed by atoms with Crippen molar-refractivity contribution in [2.75, 3.05) is 5.73 Å². The summed E-state index contributed by atoms with van der Waals surface area (Å²) in [5.74, 6) is 0. The fraction of sp³-hybridized carbons (Fsp3) is 0. The molecule has 0 aliphatic carbocycles. The second-order valence-electron chi connectivity index (χ2n) is 1.96. The Kier molecular flexibility index (Phi) is 3.44. The maximum Gasteiger partial charge on any atom is 0.240 e. The molecule has 1 aromatic heterocycles. The summed E-state index contributed by atoms with van der Waals surface area (Å²) in [4.78, 5) is 3.52. The average molecular weight is 210 g/mol. The number of primary sulfonamides is 1. The first-order valence-corrected chi connectivity index (χ1v) is 4.29. The number of rotatable bonds is 1. The van der Waals surface area contributed by atoms with Gasteiger partial charge in [0.05, 0.1) is 11.9 Å². The molecule has 0 amide bonds. The molecule has 0 saturated carbocycles. The lowest BCUT2D eigenvalue weighted by Crippen LogP contribution is -2.14. The van der Waals surface area contributed by atoms with E-state index in [4.69, 9.17) is 10.9 Å². The zero-order valence-corrected chi connectivity index (χ0v) is 7.60. The minimum Gasteiger partial charge on any atom is -0.396 e. The molecule has 0 aliphatic heterocycles. The van der Waals surface area contributed by atoms with Crippen LogP contribution in [-0.2, 0) is 10.0 Å². The van der Waals surface area contributed by atoms with Gasteiger partial charge in [-0.1, -0.05) is 0 Å². The monoisotopic (exact) mass is 209 g/mol. The minimum atomic E-state index is -3.70. The van der Waals surface area contributed by atoms with Crippen LogP contribution in [0.3, 0.4) is 0 Å². The molecule has 1 rings (SSSR count). The largest absolute Gasteiger partial charge is 0.396 e. The highest BCUT2D eigenvalue weighted by atomic mass is 35.5. The first-order chi connectivity index (χ1) is 5.02. The quantitative estimate of drug-likeness (QED) is 0.665. The fourth-order valence-corrected chi connectivity index (χ4v) is 1.28. The molecule has 1 heterocycles.